The van der Waals surface area contributed by atoms with Crippen molar-refractivity contribution in [3.05, 3.63) is 47.5 Å². The second-order valence-electron chi connectivity index (χ2n) is 4.00. The van der Waals surface area contributed by atoms with Crippen LogP contribution in [-0.4, -0.2) is 9.55 Å². The molecule has 0 amide bonds. The molecule has 16 heavy (non-hydrogen) atoms. The van der Waals surface area contributed by atoms with Gasteiger partial charge in [-0.3, -0.25) is 0 Å². The maximum atomic E-state index is 5.80. The second-order valence-corrected chi connectivity index (χ2v) is 4.00. The Morgan fingerprint density at radius 1 is 1.38 bits per heavy atom. The van der Waals surface area contributed by atoms with Crippen LogP contribution in [0.1, 0.15) is 23.9 Å². The summed E-state index contributed by atoms with van der Waals surface area (Å²) >= 11 is 0. The smallest absolute Gasteiger partial charge is 0.113 e. The fraction of sp³-hybridized carbons (Fsp3) is 0.308. The van der Waals surface area contributed by atoms with Crippen LogP contribution >= 0.6 is 0 Å². The lowest BCUT2D eigenvalue weighted by Gasteiger charge is -2.06. The molecular weight excluding hydrogens is 198 g/mol. The van der Waals surface area contributed by atoms with Crippen LogP contribution in [0.4, 0.5) is 5.69 Å². The van der Waals surface area contributed by atoms with Gasteiger partial charge in [-0.1, -0.05) is 12.1 Å². The van der Waals surface area contributed by atoms with Gasteiger partial charge < -0.3 is 10.3 Å². The number of nitrogens with zero attached hydrogens (tertiary/aromatic N) is 2. The van der Waals surface area contributed by atoms with Gasteiger partial charge in [0.1, 0.15) is 5.82 Å². The van der Waals surface area contributed by atoms with E-state index < -0.39 is 0 Å². The van der Waals surface area contributed by atoms with E-state index in [1.807, 2.05) is 25.4 Å². The van der Waals surface area contributed by atoms with Crippen molar-refractivity contribution in [2.45, 2.75) is 26.8 Å². The first-order chi connectivity index (χ1) is 7.70. The number of rotatable bonds is 3. The zero-order chi connectivity index (χ0) is 11.5. The molecule has 0 fully saturated rings. The minimum atomic E-state index is 0.850. The molecule has 3 nitrogen and oxygen atoms in total. The van der Waals surface area contributed by atoms with Crippen molar-refractivity contribution < 1.29 is 0 Å². The van der Waals surface area contributed by atoms with Crippen molar-refractivity contribution in [2.75, 3.05) is 5.73 Å². The van der Waals surface area contributed by atoms with E-state index in [2.05, 4.69) is 28.6 Å². The Balaban J connectivity index is 2.24. The van der Waals surface area contributed by atoms with Crippen molar-refractivity contribution in [1.82, 2.24) is 9.55 Å². The molecule has 0 aliphatic heterocycles. The molecule has 0 spiro atoms. The zero-order valence-corrected chi connectivity index (χ0v) is 9.77. The van der Waals surface area contributed by atoms with E-state index in [0.717, 1.165) is 30.0 Å². The number of aromatic nitrogens is 2. The predicted molar refractivity (Wildman–Crippen MR) is 66.3 cm³/mol. The van der Waals surface area contributed by atoms with Gasteiger partial charge in [-0.2, -0.15) is 0 Å². The summed E-state index contributed by atoms with van der Waals surface area (Å²) in [5, 5.41) is 0. The lowest BCUT2D eigenvalue weighted by molar-refractivity contribution is 0.712. The van der Waals surface area contributed by atoms with E-state index >= 15 is 0 Å². The standard InChI is InChI=1S/C13H17N3/c1-3-16-7-6-15-13(16)9-11-4-5-12(14)10(2)8-11/h4-8H,3,9,14H2,1-2H3. The third kappa shape index (κ3) is 2.08. The van der Waals surface area contributed by atoms with E-state index in [0.29, 0.717) is 0 Å². The van der Waals surface area contributed by atoms with Gasteiger partial charge in [0.25, 0.3) is 0 Å². The summed E-state index contributed by atoms with van der Waals surface area (Å²) in [5.41, 5.74) is 9.04. The number of hydrogen-bond acceptors (Lipinski definition) is 2. The Kier molecular flexibility index (Phi) is 2.95. The van der Waals surface area contributed by atoms with Gasteiger partial charge in [-0.15, -0.1) is 0 Å². The molecule has 0 bridgehead atoms. The Morgan fingerprint density at radius 2 is 2.19 bits per heavy atom. The summed E-state index contributed by atoms with van der Waals surface area (Å²) in [6, 6.07) is 6.16. The molecule has 1 aromatic heterocycles. The average Bonchev–Trinajstić information content (AvgIpc) is 2.71. The zero-order valence-electron chi connectivity index (χ0n) is 9.77. The fourth-order valence-electron chi connectivity index (χ4n) is 1.83. The minimum Gasteiger partial charge on any atom is -0.399 e. The molecule has 0 aliphatic carbocycles. The highest BCUT2D eigenvalue weighted by molar-refractivity contribution is 5.48. The van der Waals surface area contributed by atoms with E-state index in [9.17, 15) is 0 Å². The lowest BCUT2D eigenvalue weighted by Crippen LogP contribution is -2.02. The summed E-state index contributed by atoms with van der Waals surface area (Å²) < 4.78 is 2.16. The number of anilines is 1. The molecule has 84 valence electrons. The number of imidazole rings is 1. The van der Waals surface area contributed by atoms with Crippen LogP contribution in [0.3, 0.4) is 0 Å². The van der Waals surface area contributed by atoms with Crippen LogP contribution in [0, 0.1) is 6.92 Å². The van der Waals surface area contributed by atoms with Crippen molar-refractivity contribution >= 4 is 5.69 Å². The topological polar surface area (TPSA) is 43.8 Å². The van der Waals surface area contributed by atoms with Crippen LogP contribution in [0.25, 0.3) is 0 Å². The van der Waals surface area contributed by atoms with E-state index in [1.165, 1.54) is 5.56 Å². The van der Waals surface area contributed by atoms with E-state index in [4.69, 9.17) is 5.73 Å². The quantitative estimate of drug-likeness (QED) is 0.799. The number of aryl methyl sites for hydroxylation is 2. The van der Waals surface area contributed by atoms with Crippen molar-refractivity contribution in [3.8, 4) is 0 Å². The Bertz CT molecular complexity index is 486. The summed E-state index contributed by atoms with van der Waals surface area (Å²) in [6.45, 7) is 5.12. The monoisotopic (exact) mass is 215 g/mol. The van der Waals surface area contributed by atoms with Crippen molar-refractivity contribution in [1.29, 1.82) is 0 Å². The van der Waals surface area contributed by atoms with Crippen LogP contribution in [0.2, 0.25) is 0 Å². The second kappa shape index (κ2) is 4.39. The number of hydrogen-bond donors (Lipinski definition) is 1. The highest BCUT2D eigenvalue weighted by atomic mass is 15.0. The van der Waals surface area contributed by atoms with E-state index in [-0.39, 0.29) is 0 Å². The predicted octanol–water partition coefficient (Wildman–Crippen LogP) is 2.38. The summed E-state index contributed by atoms with van der Waals surface area (Å²) in [6.07, 6.45) is 4.73. The van der Waals surface area contributed by atoms with Gasteiger partial charge in [0.15, 0.2) is 0 Å². The largest absolute Gasteiger partial charge is 0.399 e. The molecule has 0 saturated carbocycles. The lowest BCUT2D eigenvalue weighted by atomic mass is 10.1. The summed E-state index contributed by atoms with van der Waals surface area (Å²) in [4.78, 5) is 4.37. The fourth-order valence-corrected chi connectivity index (χ4v) is 1.83. The maximum absolute atomic E-state index is 5.80. The van der Waals surface area contributed by atoms with Gasteiger partial charge in [0.2, 0.25) is 0 Å². The first kappa shape index (κ1) is 10.7. The first-order valence-electron chi connectivity index (χ1n) is 5.55. The Hall–Kier alpha value is -1.77. The highest BCUT2D eigenvalue weighted by Gasteiger charge is 2.03. The Labute approximate surface area is 95.9 Å². The number of nitrogen functional groups attached to an aromatic ring is 1. The highest BCUT2D eigenvalue weighted by Crippen LogP contribution is 2.15. The van der Waals surface area contributed by atoms with Gasteiger partial charge in [0.05, 0.1) is 0 Å². The third-order valence-corrected chi connectivity index (χ3v) is 2.84. The van der Waals surface area contributed by atoms with Gasteiger partial charge in [-0.25, -0.2) is 4.98 Å². The molecule has 0 radical (unpaired) electrons. The minimum absolute atomic E-state index is 0.850. The maximum Gasteiger partial charge on any atom is 0.113 e. The Morgan fingerprint density at radius 3 is 2.88 bits per heavy atom. The molecule has 0 unspecified atom stereocenters. The SMILES string of the molecule is CCn1ccnc1Cc1ccc(N)c(C)c1. The van der Waals surface area contributed by atoms with Gasteiger partial charge in [-0.05, 0) is 31.0 Å². The molecule has 0 atom stereocenters. The number of nitrogens with two attached hydrogens (primary N) is 1. The van der Waals surface area contributed by atoms with Crippen LogP contribution in [-0.2, 0) is 13.0 Å². The molecule has 2 aromatic rings. The molecule has 3 heteroatoms. The molecular formula is C13H17N3. The third-order valence-electron chi connectivity index (χ3n) is 2.84. The molecule has 1 aromatic carbocycles. The summed E-state index contributed by atoms with van der Waals surface area (Å²) in [5.74, 6) is 1.10. The summed E-state index contributed by atoms with van der Waals surface area (Å²) in [7, 11) is 0. The van der Waals surface area contributed by atoms with E-state index in [1.54, 1.807) is 0 Å². The van der Waals surface area contributed by atoms with Crippen LogP contribution in [0.5, 0.6) is 0 Å². The average molecular weight is 215 g/mol. The normalized spacial score (nSPS) is 10.6. The van der Waals surface area contributed by atoms with Gasteiger partial charge >= 0.3 is 0 Å². The molecule has 2 rings (SSSR count). The van der Waals surface area contributed by atoms with Crippen LogP contribution < -0.4 is 5.73 Å². The van der Waals surface area contributed by atoms with Crippen molar-refractivity contribution in [3.63, 3.8) is 0 Å². The molecule has 2 N–H and O–H groups in total. The first-order valence-corrected chi connectivity index (χ1v) is 5.55. The molecule has 0 aliphatic rings. The molecule has 0 saturated heterocycles. The number of benzene rings is 1. The van der Waals surface area contributed by atoms with Crippen LogP contribution in [0.15, 0.2) is 30.6 Å². The molecule has 1 heterocycles. The van der Waals surface area contributed by atoms with Gasteiger partial charge in [0, 0.05) is 31.0 Å². The van der Waals surface area contributed by atoms with Crippen molar-refractivity contribution in [2.24, 2.45) is 0 Å².